The van der Waals surface area contributed by atoms with Gasteiger partial charge in [0, 0.05) is 67.8 Å². The fourth-order valence-corrected chi connectivity index (χ4v) is 6.64. The minimum Gasteiger partial charge on any atom is -0.477 e. The molecule has 3 amide bonds. The Balaban J connectivity index is 1.67. The molecule has 2 aliphatic heterocycles. The van der Waals surface area contributed by atoms with Crippen LogP contribution in [0.4, 0.5) is 4.79 Å². The third kappa shape index (κ3) is 6.88. The van der Waals surface area contributed by atoms with Gasteiger partial charge in [-0.1, -0.05) is 68.2 Å². The highest BCUT2D eigenvalue weighted by Crippen LogP contribution is 2.54. The molecule has 10 nitrogen and oxygen atoms in total. The van der Waals surface area contributed by atoms with E-state index in [2.05, 4.69) is 10.2 Å². The highest BCUT2D eigenvalue weighted by molar-refractivity contribution is 6.30. The van der Waals surface area contributed by atoms with Crippen LogP contribution >= 0.6 is 23.2 Å². The van der Waals surface area contributed by atoms with Gasteiger partial charge in [-0.25, -0.2) is 9.78 Å². The molecule has 12 heteroatoms. The summed E-state index contributed by atoms with van der Waals surface area (Å²) >= 11 is 12.8. The third-order valence-corrected chi connectivity index (χ3v) is 9.84. The van der Waals surface area contributed by atoms with Gasteiger partial charge in [0.25, 0.3) is 0 Å². The van der Waals surface area contributed by atoms with E-state index in [1.165, 1.54) is 6.92 Å². The Morgan fingerprint density at radius 3 is 2.06 bits per heavy atom. The number of hydrogen-bond acceptors (Lipinski definition) is 7. The topological polar surface area (TPSA) is 103 Å². The first-order chi connectivity index (χ1) is 22.7. The minimum atomic E-state index is -1.04. The van der Waals surface area contributed by atoms with Crippen LogP contribution in [-0.4, -0.2) is 88.3 Å². The van der Waals surface area contributed by atoms with Crippen molar-refractivity contribution in [3.8, 4) is 5.88 Å². The Morgan fingerprint density at radius 2 is 1.52 bits per heavy atom. The first kappa shape index (κ1) is 35.6. The summed E-state index contributed by atoms with van der Waals surface area (Å²) in [5.41, 5.74) is -0.0761. The van der Waals surface area contributed by atoms with Gasteiger partial charge < -0.3 is 15.0 Å². The summed E-state index contributed by atoms with van der Waals surface area (Å²) in [6.45, 7) is 17.7. The lowest BCUT2D eigenvalue weighted by Crippen LogP contribution is -2.61. The Hall–Kier alpha value is -3.73. The molecule has 1 aromatic heterocycles. The molecule has 3 aromatic rings. The molecule has 0 bridgehead atoms. The maximum Gasteiger partial charge on any atom is 0.326 e. The molecule has 2 atom stereocenters. The standard InChI is InChI=1S/C36H45Cl2N7O3/c1-8-48-31-29(23-40-32(41-31)34(3,4)5)30-42-35(6,25-9-13-27(37)14-10-25)36(7,26-11-15-28(38)16-12-26)45(30)33(47)44-21-19-43(20-22-44)18-17-39-24(2)46/h9-16,23H,8,17-22H2,1-7H3,(H,39,46)/t35-,36+/m0/s1. The van der Waals surface area contributed by atoms with Crippen LogP contribution in [0.25, 0.3) is 0 Å². The number of rotatable bonds is 8. The molecule has 2 aromatic carbocycles. The maximum absolute atomic E-state index is 15.1. The predicted molar refractivity (Wildman–Crippen MR) is 190 cm³/mol. The van der Waals surface area contributed by atoms with Crippen molar-refractivity contribution in [1.29, 1.82) is 0 Å². The van der Waals surface area contributed by atoms with Gasteiger partial charge in [-0.05, 0) is 56.2 Å². The van der Waals surface area contributed by atoms with Crippen molar-refractivity contribution >= 4 is 41.0 Å². The average Bonchev–Trinajstić information content (AvgIpc) is 3.29. The Morgan fingerprint density at radius 1 is 0.938 bits per heavy atom. The van der Waals surface area contributed by atoms with Gasteiger partial charge in [0.2, 0.25) is 11.8 Å². The number of urea groups is 1. The van der Waals surface area contributed by atoms with Crippen LogP contribution in [0.5, 0.6) is 5.88 Å². The number of piperazine rings is 1. The van der Waals surface area contributed by atoms with E-state index in [0.29, 0.717) is 79.0 Å². The number of hydrogen-bond donors (Lipinski definition) is 1. The SMILES string of the molecule is CCOc1nc(C(C)(C)C)ncc1C1=N[C@@](C)(c2ccc(Cl)cc2)[C@@](C)(c2ccc(Cl)cc2)N1C(=O)N1CCN(CCNC(C)=O)CC1. The largest absolute Gasteiger partial charge is 0.477 e. The van der Waals surface area contributed by atoms with Crippen LogP contribution in [-0.2, 0) is 21.3 Å². The number of aromatic nitrogens is 2. The van der Waals surface area contributed by atoms with Crippen molar-refractivity contribution in [1.82, 2.24) is 30.0 Å². The molecule has 0 saturated carbocycles. The summed E-state index contributed by atoms with van der Waals surface area (Å²) in [5, 5.41) is 4.05. The van der Waals surface area contributed by atoms with Gasteiger partial charge in [-0.3, -0.25) is 19.6 Å². The van der Waals surface area contributed by atoms with Gasteiger partial charge in [0.15, 0.2) is 0 Å². The smallest absolute Gasteiger partial charge is 0.326 e. The lowest BCUT2D eigenvalue weighted by atomic mass is 9.71. The number of aliphatic imine (C=N–C) groups is 1. The minimum absolute atomic E-state index is 0.0548. The molecule has 3 heterocycles. The lowest BCUT2D eigenvalue weighted by Gasteiger charge is -2.47. The van der Waals surface area contributed by atoms with Crippen molar-refractivity contribution in [2.75, 3.05) is 45.9 Å². The summed E-state index contributed by atoms with van der Waals surface area (Å²) in [7, 11) is 0. The molecule has 0 aliphatic carbocycles. The van der Waals surface area contributed by atoms with E-state index >= 15 is 4.79 Å². The van der Waals surface area contributed by atoms with Crippen LogP contribution in [0.3, 0.4) is 0 Å². The van der Waals surface area contributed by atoms with Crippen molar-refractivity contribution in [3.63, 3.8) is 0 Å². The molecule has 0 spiro atoms. The molecular weight excluding hydrogens is 649 g/mol. The molecule has 48 heavy (non-hydrogen) atoms. The second-order valence-corrected chi connectivity index (χ2v) is 14.5. The summed E-state index contributed by atoms with van der Waals surface area (Å²) in [5.74, 6) is 1.37. The van der Waals surface area contributed by atoms with Gasteiger partial charge >= 0.3 is 6.03 Å². The summed E-state index contributed by atoms with van der Waals surface area (Å²) in [6, 6.07) is 15.0. The summed E-state index contributed by atoms with van der Waals surface area (Å²) < 4.78 is 6.15. The van der Waals surface area contributed by atoms with Crippen LogP contribution < -0.4 is 10.1 Å². The Kier molecular flexibility index (Phi) is 10.4. The first-order valence-electron chi connectivity index (χ1n) is 16.4. The van der Waals surface area contributed by atoms with Crippen molar-refractivity contribution in [2.24, 2.45) is 4.99 Å². The van der Waals surface area contributed by atoms with Crippen molar-refractivity contribution < 1.29 is 14.3 Å². The number of nitrogens with zero attached hydrogens (tertiary/aromatic N) is 6. The van der Waals surface area contributed by atoms with E-state index in [4.69, 9.17) is 42.9 Å². The monoisotopic (exact) mass is 693 g/mol. The molecular formula is C36H45Cl2N7O3. The molecule has 0 radical (unpaired) electrons. The number of carbonyl (C=O) groups excluding carboxylic acids is 2. The molecule has 0 unspecified atom stereocenters. The summed E-state index contributed by atoms with van der Waals surface area (Å²) in [6.07, 6.45) is 1.73. The number of halogens is 2. The zero-order valence-electron chi connectivity index (χ0n) is 28.8. The average molecular weight is 695 g/mol. The number of carbonyl (C=O) groups is 2. The fourth-order valence-electron chi connectivity index (χ4n) is 6.39. The molecule has 256 valence electrons. The molecule has 5 rings (SSSR count). The molecule has 1 fully saturated rings. The van der Waals surface area contributed by atoms with E-state index in [1.807, 2.05) is 95.0 Å². The highest BCUT2D eigenvalue weighted by Gasteiger charge is 2.60. The molecule has 1 saturated heterocycles. The van der Waals surface area contributed by atoms with Gasteiger partial charge in [-0.15, -0.1) is 0 Å². The third-order valence-electron chi connectivity index (χ3n) is 9.33. The molecule has 2 aliphatic rings. The first-order valence-corrected chi connectivity index (χ1v) is 17.1. The number of amides is 3. The maximum atomic E-state index is 15.1. The van der Waals surface area contributed by atoms with Crippen molar-refractivity contribution in [2.45, 2.75) is 65.0 Å². The fraction of sp³-hybridized carbons (Fsp3) is 0.472. The van der Waals surface area contributed by atoms with Gasteiger partial charge in [-0.2, -0.15) is 4.98 Å². The van der Waals surface area contributed by atoms with E-state index in [9.17, 15) is 4.79 Å². The van der Waals surface area contributed by atoms with Crippen LogP contribution in [0.2, 0.25) is 10.0 Å². The van der Waals surface area contributed by atoms with Crippen molar-refractivity contribution in [3.05, 3.63) is 87.3 Å². The van der Waals surface area contributed by atoms with Crippen LogP contribution in [0.1, 0.15) is 71.0 Å². The van der Waals surface area contributed by atoms with Gasteiger partial charge in [0.05, 0.1) is 12.2 Å². The highest BCUT2D eigenvalue weighted by atomic mass is 35.5. The van der Waals surface area contributed by atoms with Gasteiger partial charge in [0.1, 0.15) is 22.7 Å². The predicted octanol–water partition coefficient (Wildman–Crippen LogP) is 6.25. The van der Waals surface area contributed by atoms with E-state index in [0.717, 1.165) is 11.1 Å². The van der Waals surface area contributed by atoms with E-state index in [-0.39, 0.29) is 17.4 Å². The zero-order chi connectivity index (χ0) is 34.9. The summed E-state index contributed by atoms with van der Waals surface area (Å²) in [4.78, 5) is 47.5. The second kappa shape index (κ2) is 14.0. The number of ether oxygens (including phenoxy) is 1. The second-order valence-electron chi connectivity index (χ2n) is 13.6. The normalized spacial score (nSPS) is 21.6. The van der Waals surface area contributed by atoms with E-state index in [1.54, 1.807) is 11.1 Å². The quantitative estimate of drug-likeness (QED) is 0.299. The molecule has 1 N–H and O–H groups in total. The Labute approximate surface area is 293 Å². The Bertz CT molecular complexity index is 1670. The van der Waals surface area contributed by atoms with Crippen LogP contribution in [0.15, 0.2) is 59.7 Å². The van der Waals surface area contributed by atoms with Crippen LogP contribution in [0, 0.1) is 0 Å². The lowest BCUT2D eigenvalue weighted by molar-refractivity contribution is -0.119. The number of nitrogens with one attached hydrogen (secondary N) is 1. The zero-order valence-corrected chi connectivity index (χ0v) is 30.3. The number of amidine groups is 1. The van der Waals surface area contributed by atoms with E-state index < -0.39 is 11.1 Å². The number of benzene rings is 2.